The highest BCUT2D eigenvalue weighted by atomic mass is 16.7. The normalized spacial score (nSPS) is 16.9. The molecule has 0 saturated carbocycles. The number of amides is 4. The van der Waals surface area contributed by atoms with Gasteiger partial charge in [0, 0.05) is 7.05 Å². The third-order valence-electron chi connectivity index (χ3n) is 4.84. The largest absolute Gasteiger partial charge is 0.489 e. The molecule has 9 nitrogen and oxygen atoms in total. The van der Waals surface area contributed by atoms with Crippen molar-refractivity contribution in [3.8, 4) is 5.75 Å². The van der Waals surface area contributed by atoms with E-state index in [-0.39, 0.29) is 6.42 Å². The second kappa shape index (κ2) is 10.2. The molecule has 0 aromatic heterocycles. The summed E-state index contributed by atoms with van der Waals surface area (Å²) in [5.74, 6) is -2.12. The van der Waals surface area contributed by atoms with Crippen LogP contribution in [0, 0.1) is 5.92 Å². The topological polar surface area (TPSA) is 117 Å². The molecule has 1 aliphatic rings. The third kappa shape index (κ3) is 5.26. The minimum Gasteiger partial charge on any atom is -0.489 e. The maximum absolute atomic E-state index is 12.8. The molecule has 0 spiro atoms. The Morgan fingerprint density at radius 1 is 0.935 bits per heavy atom. The van der Waals surface area contributed by atoms with Crippen LogP contribution in [0.15, 0.2) is 54.6 Å². The molecule has 1 fully saturated rings. The molecule has 31 heavy (non-hydrogen) atoms. The number of imide groups is 2. The summed E-state index contributed by atoms with van der Waals surface area (Å²) in [5.41, 5.74) is 1.67. The molecule has 0 aliphatic carbocycles. The number of benzene rings is 2. The number of nitrogens with zero attached hydrogens (tertiary/aromatic N) is 2. The van der Waals surface area contributed by atoms with E-state index in [1.54, 1.807) is 24.3 Å². The summed E-state index contributed by atoms with van der Waals surface area (Å²) in [6.07, 6.45) is -1.13. The lowest BCUT2D eigenvalue weighted by atomic mass is 9.95. The molecule has 1 heterocycles. The molecule has 1 aliphatic heterocycles. The first-order chi connectivity index (χ1) is 14.9. The van der Waals surface area contributed by atoms with Crippen LogP contribution in [0.1, 0.15) is 11.1 Å². The fraction of sp³-hybridized carbons (Fsp3) is 0.318. The first-order valence-electron chi connectivity index (χ1n) is 9.74. The van der Waals surface area contributed by atoms with Crippen LogP contribution in [-0.2, 0) is 27.5 Å². The number of hydroxylamine groups is 2. The van der Waals surface area contributed by atoms with Crippen molar-refractivity contribution in [2.75, 3.05) is 20.3 Å². The number of carbonyl (C=O) groups is 3. The van der Waals surface area contributed by atoms with Crippen molar-refractivity contribution in [2.45, 2.75) is 19.1 Å². The molecule has 0 radical (unpaired) electrons. The molecule has 2 aromatic rings. The average molecular weight is 428 g/mol. The van der Waals surface area contributed by atoms with Crippen LogP contribution in [0.25, 0.3) is 0 Å². The Balaban J connectivity index is 1.73. The van der Waals surface area contributed by atoms with Gasteiger partial charge in [0.15, 0.2) is 0 Å². The standard InChI is InChI=1S/C22H24N2O7/c1-23-20(27)19(21(28)24(22(23)29)31-18(12-25)13-26)11-16-8-5-9-17(10-16)30-14-15-6-3-2-4-7-15/h2-10,18-19,25-26H,11-14H2,1H3. The van der Waals surface area contributed by atoms with Crippen LogP contribution < -0.4 is 4.74 Å². The number of ether oxygens (including phenoxy) is 1. The minimum absolute atomic E-state index is 0.0284. The molecule has 164 valence electrons. The van der Waals surface area contributed by atoms with E-state index in [2.05, 4.69) is 0 Å². The van der Waals surface area contributed by atoms with E-state index in [0.29, 0.717) is 23.0 Å². The SMILES string of the molecule is CN1C(=O)C(Cc2cccc(OCc3ccccc3)c2)C(=O)N(OC(CO)CO)C1=O. The number of aliphatic hydroxyl groups excluding tert-OH is 2. The van der Waals surface area contributed by atoms with E-state index >= 15 is 0 Å². The van der Waals surface area contributed by atoms with Crippen molar-refractivity contribution in [3.05, 3.63) is 65.7 Å². The second-order valence-corrected chi connectivity index (χ2v) is 7.08. The van der Waals surface area contributed by atoms with Gasteiger partial charge >= 0.3 is 6.03 Å². The van der Waals surface area contributed by atoms with Gasteiger partial charge in [0.05, 0.1) is 13.2 Å². The number of hydrogen-bond acceptors (Lipinski definition) is 7. The van der Waals surface area contributed by atoms with Crippen molar-refractivity contribution in [1.29, 1.82) is 0 Å². The number of carbonyl (C=O) groups excluding carboxylic acids is 3. The van der Waals surface area contributed by atoms with Gasteiger partial charge in [0.1, 0.15) is 24.4 Å². The lowest BCUT2D eigenvalue weighted by Crippen LogP contribution is -2.59. The third-order valence-corrected chi connectivity index (χ3v) is 4.84. The maximum Gasteiger partial charge on any atom is 0.357 e. The highest BCUT2D eigenvalue weighted by Gasteiger charge is 2.46. The Morgan fingerprint density at radius 2 is 1.61 bits per heavy atom. The Hall–Kier alpha value is -3.27. The van der Waals surface area contributed by atoms with Gasteiger partial charge < -0.3 is 14.9 Å². The predicted molar refractivity (Wildman–Crippen MR) is 108 cm³/mol. The number of hydrogen-bond donors (Lipinski definition) is 2. The van der Waals surface area contributed by atoms with E-state index < -0.39 is 43.1 Å². The smallest absolute Gasteiger partial charge is 0.357 e. The molecule has 4 amide bonds. The second-order valence-electron chi connectivity index (χ2n) is 7.08. The molecule has 1 saturated heterocycles. The average Bonchev–Trinajstić information content (AvgIpc) is 2.80. The molecule has 9 heteroatoms. The number of urea groups is 1. The molecule has 0 bridgehead atoms. The van der Waals surface area contributed by atoms with Crippen LogP contribution in [0.4, 0.5) is 4.79 Å². The summed E-state index contributed by atoms with van der Waals surface area (Å²) in [6, 6.07) is 15.7. The van der Waals surface area contributed by atoms with E-state index in [1.807, 2.05) is 30.3 Å². The van der Waals surface area contributed by atoms with E-state index in [4.69, 9.17) is 9.57 Å². The van der Waals surface area contributed by atoms with Crippen molar-refractivity contribution in [3.63, 3.8) is 0 Å². The van der Waals surface area contributed by atoms with Gasteiger partial charge in [-0.15, -0.1) is 5.06 Å². The first kappa shape index (κ1) is 22.4. The quantitative estimate of drug-likeness (QED) is 0.575. The summed E-state index contributed by atoms with van der Waals surface area (Å²) < 4.78 is 5.79. The van der Waals surface area contributed by atoms with Crippen LogP contribution in [-0.4, -0.2) is 64.4 Å². The lowest BCUT2D eigenvalue weighted by molar-refractivity contribution is -0.207. The summed E-state index contributed by atoms with van der Waals surface area (Å²) in [7, 11) is 1.24. The molecule has 3 rings (SSSR count). The summed E-state index contributed by atoms with van der Waals surface area (Å²) in [4.78, 5) is 43.6. The number of rotatable bonds is 9. The fourth-order valence-electron chi connectivity index (χ4n) is 3.09. The summed E-state index contributed by atoms with van der Waals surface area (Å²) in [6.45, 7) is -0.832. The Bertz CT molecular complexity index is 930. The van der Waals surface area contributed by atoms with Crippen molar-refractivity contribution < 1.29 is 34.2 Å². The fourth-order valence-corrected chi connectivity index (χ4v) is 3.09. The Labute approximate surface area is 179 Å². The van der Waals surface area contributed by atoms with Crippen LogP contribution in [0.3, 0.4) is 0 Å². The van der Waals surface area contributed by atoms with Gasteiger partial charge in [-0.25, -0.2) is 4.79 Å². The molecular formula is C22H24N2O7. The van der Waals surface area contributed by atoms with Gasteiger partial charge in [-0.2, -0.15) is 0 Å². The highest BCUT2D eigenvalue weighted by Crippen LogP contribution is 2.24. The highest BCUT2D eigenvalue weighted by molar-refractivity contribution is 6.15. The molecule has 1 atom stereocenters. The van der Waals surface area contributed by atoms with Gasteiger partial charge in [0.2, 0.25) is 5.91 Å². The van der Waals surface area contributed by atoms with E-state index in [1.165, 1.54) is 7.05 Å². The zero-order valence-electron chi connectivity index (χ0n) is 17.0. The summed E-state index contributed by atoms with van der Waals surface area (Å²) >= 11 is 0. The minimum atomic E-state index is -1.19. The Kier molecular flexibility index (Phi) is 7.35. The van der Waals surface area contributed by atoms with Crippen molar-refractivity contribution >= 4 is 17.8 Å². The zero-order chi connectivity index (χ0) is 22.4. The van der Waals surface area contributed by atoms with Crippen molar-refractivity contribution in [1.82, 2.24) is 9.96 Å². The first-order valence-corrected chi connectivity index (χ1v) is 9.74. The monoisotopic (exact) mass is 428 g/mol. The summed E-state index contributed by atoms with van der Waals surface area (Å²) in [5, 5.41) is 18.8. The number of aliphatic hydroxyl groups is 2. The lowest BCUT2D eigenvalue weighted by Gasteiger charge is -2.35. The maximum atomic E-state index is 12.8. The van der Waals surface area contributed by atoms with Crippen molar-refractivity contribution in [2.24, 2.45) is 5.92 Å². The predicted octanol–water partition coefficient (Wildman–Crippen LogP) is 1.13. The van der Waals surface area contributed by atoms with Crippen LogP contribution >= 0.6 is 0 Å². The molecular weight excluding hydrogens is 404 g/mol. The molecule has 2 N–H and O–H groups in total. The van der Waals surface area contributed by atoms with Gasteiger partial charge in [0.25, 0.3) is 5.91 Å². The molecule has 2 aromatic carbocycles. The van der Waals surface area contributed by atoms with Gasteiger partial charge in [-0.05, 0) is 29.7 Å². The number of barbiturate groups is 1. The van der Waals surface area contributed by atoms with Gasteiger partial charge in [-0.1, -0.05) is 42.5 Å². The Morgan fingerprint density at radius 3 is 2.29 bits per heavy atom. The zero-order valence-corrected chi connectivity index (χ0v) is 17.0. The molecule has 1 unspecified atom stereocenters. The van der Waals surface area contributed by atoms with Crippen LogP contribution in [0.5, 0.6) is 5.75 Å². The van der Waals surface area contributed by atoms with Gasteiger partial charge in [-0.3, -0.25) is 19.3 Å². The van der Waals surface area contributed by atoms with E-state index in [0.717, 1.165) is 10.5 Å². The van der Waals surface area contributed by atoms with E-state index in [9.17, 15) is 24.6 Å². The van der Waals surface area contributed by atoms with Crippen LogP contribution in [0.2, 0.25) is 0 Å².